The molecule has 1 amide bonds. The van der Waals surface area contributed by atoms with Gasteiger partial charge in [0.15, 0.2) is 0 Å². The molecule has 9 heavy (non-hydrogen) atoms. The Kier molecular flexibility index (Phi) is 1.97. The molecule has 3 nitrogen and oxygen atoms in total. The van der Waals surface area contributed by atoms with Crippen molar-refractivity contribution in [3.05, 3.63) is 0 Å². The minimum atomic E-state index is -1.09. The first-order chi connectivity index (χ1) is 4.22. The molecule has 0 bridgehead atoms. The van der Waals surface area contributed by atoms with Crippen molar-refractivity contribution in [3.63, 3.8) is 0 Å². The second-order valence-corrected chi connectivity index (χ2v) is 3.31. The summed E-state index contributed by atoms with van der Waals surface area (Å²) >= 11 is -1.09. The Morgan fingerprint density at radius 1 is 1.78 bits per heavy atom. The second kappa shape index (κ2) is 2.58. The van der Waals surface area contributed by atoms with Gasteiger partial charge in [0.1, 0.15) is 6.26 Å². The van der Waals surface area contributed by atoms with Crippen molar-refractivity contribution >= 4 is 17.3 Å². The molecule has 0 spiro atoms. The van der Waals surface area contributed by atoms with E-state index in [1.54, 1.807) is 0 Å². The smallest absolute Gasteiger partial charge is 0.263 e. The fraction of sp³-hybridized carbons (Fsp3) is 0.800. The lowest BCUT2D eigenvalue weighted by Crippen LogP contribution is -2.30. The molecular weight excluding hydrogens is 138 g/mol. The third-order valence-corrected chi connectivity index (χ3v) is 2.35. The van der Waals surface area contributed by atoms with Crippen LogP contribution in [-0.2, 0) is 16.2 Å². The molecule has 0 aromatic carbocycles. The zero-order chi connectivity index (χ0) is 6.85. The molecule has 1 atom stereocenters. The number of carbonyl (C=O) groups is 1. The highest BCUT2D eigenvalue weighted by atomic mass is 32.2. The zero-order valence-corrected chi connectivity index (χ0v) is 6.11. The van der Waals surface area contributed by atoms with Crippen LogP contribution in [0.4, 0.5) is 0 Å². The van der Waals surface area contributed by atoms with Crippen LogP contribution in [0, 0.1) is 0 Å². The van der Waals surface area contributed by atoms with Crippen LogP contribution in [0.3, 0.4) is 0 Å². The number of hydrogen-bond donors (Lipinski definition) is 0. The first-order valence-electron chi connectivity index (χ1n) is 2.86. The van der Waals surface area contributed by atoms with Gasteiger partial charge >= 0.3 is 0 Å². The summed E-state index contributed by atoms with van der Waals surface area (Å²) < 4.78 is 12.1. The molecule has 0 aromatic rings. The summed E-state index contributed by atoms with van der Waals surface area (Å²) in [4.78, 5) is 10.7. The normalized spacial score (nSPS) is 22.9. The average molecular weight is 147 g/mol. The third kappa shape index (κ3) is 1.37. The SMILES string of the molecule is C[S+]([O-])N1CCCC1=O. The summed E-state index contributed by atoms with van der Waals surface area (Å²) in [5, 5.41) is 0. The van der Waals surface area contributed by atoms with Crippen molar-refractivity contribution < 1.29 is 9.35 Å². The van der Waals surface area contributed by atoms with Crippen molar-refractivity contribution in [1.29, 1.82) is 0 Å². The van der Waals surface area contributed by atoms with E-state index in [2.05, 4.69) is 0 Å². The maximum absolute atomic E-state index is 10.7. The molecule has 0 aromatic heterocycles. The Morgan fingerprint density at radius 2 is 2.44 bits per heavy atom. The van der Waals surface area contributed by atoms with Gasteiger partial charge in [-0.15, -0.1) is 0 Å². The van der Waals surface area contributed by atoms with E-state index in [9.17, 15) is 9.35 Å². The van der Waals surface area contributed by atoms with Gasteiger partial charge in [0.05, 0.1) is 17.9 Å². The molecule has 1 fully saturated rings. The van der Waals surface area contributed by atoms with Gasteiger partial charge in [-0.05, 0) is 6.42 Å². The average Bonchev–Trinajstić information content (AvgIpc) is 2.13. The van der Waals surface area contributed by atoms with Crippen LogP contribution in [0.2, 0.25) is 0 Å². The van der Waals surface area contributed by atoms with E-state index >= 15 is 0 Å². The van der Waals surface area contributed by atoms with Crippen molar-refractivity contribution in [2.45, 2.75) is 12.8 Å². The van der Waals surface area contributed by atoms with Gasteiger partial charge in [0.2, 0.25) is 0 Å². The molecule has 0 radical (unpaired) electrons. The second-order valence-electron chi connectivity index (χ2n) is 2.02. The van der Waals surface area contributed by atoms with E-state index in [-0.39, 0.29) is 5.91 Å². The minimum Gasteiger partial charge on any atom is -0.593 e. The molecule has 0 N–H and O–H groups in total. The highest BCUT2D eigenvalue weighted by Crippen LogP contribution is 2.12. The van der Waals surface area contributed by atoms with Crippen molar-refractivity contribution in [3.8, 4) is 0 Å². The molecule has 1 rings (SSSR count). The number of carbonyl (C=O) groups excluding carboxylic acids is 1. The van der Waals surface area contributed by atoms with Gasteiger partial charge < -0.3 is 4.55 Å². The molecule has 0 aliphatic carbocycles. The van der Waals surface area contributed by atoms with E-state index in [1.807, 2.05) is 0 Å². The molecule has 1 aliphatic rings. The van der Waals surface area contributed by atoms with Crippen LogP contribution in [0.5, 0.6) is 0 Å². The van der Waals surface area contributed by atoms with Crippen LogP contribution in [0.1, 0.15) is 12.8 Å². The monoisotopic (exact) mass is 147 g/mol. The lowest BCUT2D eigenvalue weighted by atomic mass is 10.4. The van der Waals surface area contributed by atoms with Crippen LogP contribution in [0.15, 0.2) is 0 Å². The van der Waals surface area contributed by atoms with Crippen molar-refractivity contribution in [2.24, 2.45) is 0 Å². The quantitative estimate of drug-likeness (QED) is 0.486. The predicted octanol–water partition coefficient (Wildman–Crippen LogP) is -0.0977. The molecule has 1 heterocycles. The molecule has 52 valence electrons. The summed E-state index contributed by atoms with van der Waals surface area (Å²) in [6.07, 6.45) is 2.96. The van der Waals surface area contributed by atoms with E-state index in [4.69, 9.17) is 0 Å². The summed E-state index contributed by atoms with van der Waals surface area (Å²) in [7, 11) is 0. The first-order valence-corrected chi connectivity index (χ1v) is 4.37. The van der Waals surface area contributed by atoms with Gasteiger partial charge in [-0.3, -0.25) is 4.79 Å². The Hall–Kier alpha value is -0.220. The molecule has 4 heteroatoms. The maximum atomic E-state index is 10.7. The number of hydrogen-bond acceptors (Lipinski definition) is 2. The van der Waals surface area contributed by atoms with E-state index in [0.29, 0.717) is 13.0 Å². The van der Waals surface area contributed by atoms with Gasteiger partial charge in [0.25, 0.3) is 5.91 Å². The number of nitrogens with zero attached hydrogens (tertiary/aromatic N) is 1. The van der Waals surface area contributed by atoms with Crippen LogP contribution >= 0.6 is 0 Å². The summed E-state index contributed by atoms with van der Waals surface area (Å²) in [6, 6.07) is 0. The van der Waals surface area contributed by atoms with Crippen LogP contribution < -0.4 is 0 Å². The van der Waals surface area contributed by atoms with Crippen molar-refractivity contribution in [2.75, 3.05) is 12.8 Å². The highest BCUT2D eigenvalue weighted by molar-refractivity contribution is 7.88. The molecular formula is C5H9NO2S. The molecule has 1 unspecified atom stereocenters. The Bertz CT molecular complexity index is 126. The zero-order valence-electron chi connectivity index (χ0n) is 5.29. The Balaban J connectivity index is 2.49. The summed E-state index contributed by atoms with van der Waals surface area (Å²) in [5.41, 5.74) is 0. The Morgan fingerprint density at radius 3 is 2.67 bits per heavy atom. The van der Waals surface area contributed by atoms with E-state index in [1.165, 1.54) is 10.6 Å². The van der Waals surface area contributed by atoms with Gasteiger partial charge in [-0.25, -0.2) is 0 Å². The van der Waals surface area contributed by atoms with Crippen LogP contribution in [0.25, 0.3) is 0 Å². The van der Waals surface area contributed by atoms with E-state index in [0.717, 1.165) is 6.42 Å². The standard InChI is InChI=1S/C5H9NO2S/c1-9(8)6-4-2-3-5(6)7/h2-4H2,1H3. The largest absolute Gasteiger partial charge is 0.593 e. The van der Waals surface area contributed by atoms with Gasteiger partial charge in [-0.2, -0.15) is 4.31 Å². The third-order valence-electron chi connectivity index (χ3n) is 1.34. The topological polar surface area (TPSA) is 43.4 Å². The summed E-state index contributed by atoms with van der Waals surface area (Å²) in [6.45, 7) is 0.669. The minimum absolute atomic E-state index is 0.0239. The van der Waals surface area contributed by atoms with Gasteiger partial charge in [0, 0.05) is 6.42 Å². The highest BCUT2D eigenvalue weighted by Gasteiger charge is 2.27. The molecule has 1 aliphatic heterocycles. The lowest BCUT2D eigenvalue weighted by molar-refractivity contribution is -0.123. The lowest BCUT2D eigenvalue weighted by Gasteiger charge is -2.14. The van der Waals surface area contributed by atoms with Crippen molar-refractivity contribution in [1.82, 2.24) is 4.31 Å². The number of rotatable bonds is 1. The fourth-order valence-corrected chi connectivity index (χ4v) is 1.66. The maximum Gasteiger partial charge on any atom is 0.263 e. The first kappa shape index (κ1) is 6.89. The van der Waals surface area contributed by atoms with Gasteiger partial charge in [-0.1, -0.05) is 0 Å². The number of amides is 1. The van der Waals surface area contributed by atoms with Crippen LogP contribution in [-0.4, -0.2) is 27.6 Å². The molecule has 0 saturated carbocycles. The molecule has 1 saturated heterocycles. The fourth-order valence-electron chi connectivity index (χ4n) is 0.895. The van der Waals surface area contributed by atoms with E-state index < -0.39 is 11.4 Å². The predicted molar refractivity (Wildman–Crippen MR) is 35.0 cm³/mol. The summed E-state index contributed by atoms with van der Waals surface area (Å²) in [5.74, 6) is 0.0239. The Labute approximate surface area is 57.3 Å².